The number of alkyl halides is 3. The van der Waals surface area contributed by atoms with E-state index < -0.39 is 29.1 Å². The number of halogens is 3. The molecule has 0 spiro atoms. The van der Waals surface area contributed by atoms with Gasteiger partial charge in [0, 0.05) is 6.20 Å². The summed E-state index contributed by atoms with van der Waals surface area (Å²) in [6.45, 7) is -0.243. The van der Waals surface area contributed by atoms with E-state index in [4.69, 9.17) is 0 Å². The third-order valence-corrected chi connectivity index (χ3v) is 3.47. The number of aromatic nitrogens is 2. The largest absolute Gasteiger partial charge is 0.422 e. The van der Waals surface area contributed by atoms with Crippen molar-refractivity contribution in [2.24, 2.45) is 0 Å². The van der Waals surface area contributed by atoms with Gasteiger partial charge in [-0.2, -0.15) is 13.2 Å². The molecule has 122 valence electrons. The van der Waals surface area contributed by atoms with Crippen molar-refractivity contribution in [3.63, 3.8) is 0 Å². The first-order valence-electron chi connectivity index (χ1n) is 6.87. The Kier molecular flexibility index (Phi) is 3.88. The van der Waals surface area contributed by atoms with E-state index in [9.17, 15) is 22.8 Å². The molecule has 0 atom stereocenters. The molecular weight excluding hydrogens is 323 g/mol. The maximum atomic E-state index is 13.3. The van der Waals surface area contributed by atoms with Crippen LogP contribution in [0.2, 0.25) is 0 Å². The van der Waals surface area contributed by atoms with Crippen molar-refractivity contribution in [3.05, 3.63) is 65.8 Å². The molecule has 0 unspecified atom stereocenters. The predicted molar refractivity (Wildman–Crippen MR) is 77.0 cm³/mol. The van der Waals surface area contributed by atoms with Gasteiger partial charge in [-0.1, -0.05) is 30.3 Å². The number of imide groups is 1. The molecule has 0 bridgehead atoms. The fourth-order valence-electron chi connectivity index (χ4n) is 2.42. The lowest BCUT2D eigenvalue weighted by Crippen LogP contribution is -2.33. The van der Waals surface area contributed by atoms with Crippen molar-refractivity contribution in [2.75, 3.05) is 0 Å². The van der Waals surface area contributed by atoms with Gasteiger partial charge in [-0.05, 0) is 11.6 Å². The van der Waals surface area contributed by atoms with E-state index in [1.807, 2.05) is 0 Å². The summed E-state index contributed by atoms with van der Waals surface area (Å²) in [5.41, 5.74) is -1.93. The molecule has 24 heavy (non-hydrogen) atoms. The van der Waals surface area contributed by atoms with Crippen LogP contribution in [0, 0.1) is 0 Å². The molecule has 2 heterocycles. The van der Waals surface area contributed by atoms with Gasteiger partial charge in [-0.25, -0.2) is 9.97 Å². The number of carbonyl (C=O) groups is 2. The zero-order valence-electron chi connectivity index (χ0n) is 12.1. The summed E-state index contributed by atoms with van der Waals surface area (Å²) in [5, 5.41) is 0. The van der Waals surface area contributed by atoms with Crippen molar-refractivity contribution < 1.29 is 22.8 Å². The Balaban J connectivity index is 2.05. The molecule has 3 rings (SSSR count). The highest BCUT2D eigenvalue weighted by Crippen LogP contribution is 2.39. The number of carbonyl (C=O) groups excluding carboxylic acids is 2. The van der Waals surface area contributed by atoms with Crippen LogP contribution in [0.5, 0.6) is 0 Å². The Bertz CT molecular complexity index is 817. The first-order chi connectivity index (χ1) is 11.4. The second-order valence-corrected chi connectivity index (χ2v) is 5.02. The number of benzene rings is 1. The summed E-state index contributed by atoms with van der Waals surface area (Å²) in [7, 11) is 0. The molecule has 1 aromatic carbocycles. The van der Waals surface area contributed by atoms with E-state index in [0.717, 1.165) is 12.4 Å². The van der Waals surface area contributed by atoms with Crippen LogP contribution >= 0.6 is 0 Å². The van der Waals surface area contributed by atoms with E-state index >= 15 is 0 Å². The highest BCUT2D eigenvalue weighted by atomic mass is 19.4. The lowest BCUT2D eigenvalue weighted by Gasteiger charge is -2.15. The Morgan fingerprint density at radius 3 is 2.29 bits per heavy atom. The Labute approximate surface area is 134 Å². The van der Waals surface area contributed by atoms with Crippen LogP contribution < -0.4 is 0 Å². The molecule has 2 aromatic rings. The average molecular weight is 333 g/mol. The molecule has 1 aliphatic rings. The average Bonchev–Trinajstić information content (AvgIpc) is 2.81. The minimum absolute atomic E-state index is 0.230. The SMILES string of the molecule is O=C1C(c2ccncn2)=C(C(F)(F)F)C(=O)N1Cc1ccccc1. The zero-order valence-corrected chi connectivity index (χ0v) is 12.1. The number of hydrogen-bond donors (Lipinski definition) is 0. The van der Waals surface area contributed by atoms with Crippen molar-refractivity contribution in [2.45, 2.75) is 12.7 Å². The molecular formula is C16H10F3N3O2. The van der Waals surface area contributed by atoms with Gasteiger partial charge in [0.05, 0.1) is 17.8 Å². The van der Waals surface area contributed by atoms with Crippen LogP contribution in [0.15, 0.2) is 54.5 Å². The third kappa shape index (κ3) is 2.78. The molecule has 0 aliphatic carbocycles. The third-order valence-electron chi connectivity index (χ3n) is 3.47. The van der Waals surface area contributed by atoms with Crippen molar-refractivity contribution >= 4 is 17.4 Å². The number of amides is 2. The van der Waals surface area contributed by atoms with Gasteiger partial charge >= 0.3 is 6.18 Å². The Morgan fingerprint density at radius 2 is 1.71 bits per heavy atom. The van der Waals surface area contributed by atoms with Crippen LogP contribution in [-0.4, -0.2) is 32.9 Å². The summed E-state index contributed by atoms with van der Waals surface area (Å²) in [6, 6.07) is 9.47. The second-order valence-electron chi connectivity index (χ2n) is 5.02. The molecule has 0 saturated heterocycles. The lowest BCUT2D eigenvalue weighted by atomic mass is 10.1. The molecule has 1 aliphatic heterocycles. The molecule has 0 N–H and O–H groups in total. The summed E-state index contributed by atoms with van der Waals surface area (Å²) in [5.74, 6) is -2.39. The van der Waals surface area contributed by atoms with Crippen LogP contribution in [0.4, 0.5) is 13.2 Å². The van der Waals surface area contributed by atoms with Gasteiger partial charge in [0.2, 0.25) is 0 Å². The van der Waals surface area contributed by atoms with E-state index in [2.05, 4.69) is 9.97 Å². The van der Waals surface area contributed by atoms with Gasteiger partial charge < -0.3 is 0 Å². The van der Waals surface area contributed by atoms with Gasteiger partial charge in [-0.15, -0.1) is 0 Å². The van der Waals surface area contributed by atoms with Crippen LogP contribution in [0.1, 0.15) is 11.3 Å². The van der Waals surface area contributed by atoms with E-state index in [-0.39, 0.29) is 12.2 Å². The predicted octanol–water partition coefficient (Wildman–Crippen LogP) is 2.36. The number of nitrogens with zero attached hydrogens (tertiary/aromatic N) is 3. The monoisotopic (exact) mass is 333 g/mol. The summed E-state index contributed by atoms with van der Waals surface area (Å²) in [4.78, 5) is 32.6. The van der Waals surface area contributed by atoms with E-state index in [1.165, 1.54) is 6.20 Å². The highest BCUT2D eigenvalue weighted by Gasteiger charge is 2.51. The van der Waals surface area contributed by atoms with Gasteiger partial charge in [0.15, 0.2) is 0 Å². The van der Waals surface area contributed by atoms with Crippen LogP contribution in [0.25, 0.3) is 5.57 Å². The Morgan fingerprint density at radius 1 is 1.00 bits per heavy atom. The number of rotatable bonds is 3. The molecule has 8 heteroatoms. The molecule has 0 saturated carbocycles. The quantitative estimate of drug-likeness (QED) is 0.809. The van der Waals surface area contributed by atoms with E-state index in [1.54, 1.807) is 30.3 Å². The second kappa shape index (κ2) is 5.88. The maximum absolute atomic E-state index is 13.3. The minimum Gasteiger partial charge on any atom is -0.270 e. The highest BCUT2D eigenvalue weighted by molar-refractivity contribution is 6.35. The molecule has 0 fully saturated rings. The topological polar surface area (TPSA) is 63.2 Å². The van der Waals surface area contributed by atoms with Crippen LogP contribution in [0.3, 0.4) is 0 Å². The van der Waals surface area contributed by atoms with Crippen LogP contribution in [-0.2, 0) is 16.1 Å². The fraction of sp³-hybridized carbons (Fsp3) is 0.125. The van der Waals surface area contributed by atoms with Crippen molar-refractivity contribution in [1.82, 2.24) is 14.9 Å². The fourth-order valence-corrected chi connectivity index (χ4v) is 2.42. The molecule has 5 nitrogen and oxygen atoms in total. The molecule has 2 amide bonds. The first kappa shape index (κ1) is 15.9. The van der Waals surface area contributed by atoms with Crippen molar-refractivity contribution in [3.8, 4) is 0 Å². The normalized spacial score (nSPS) is 15.4. The zero-order chi connectivity index (χ0) is 17.3. The first-order valence-corrected chi connectivity index (χ1v) is 6.87. The van der Waals surface area contributed by atoms with E-state index in [0.29, 0.717) is 10.5 Å². The standard InChI is InChI=1S/C16H10F3N3O2/c17-16(18,19)13-12(11-6-7-20-9-21-11)14(23)22(15(13)24)8-10-4-2-1-3-5-10/h1-7,9H,8H2. The molecule has 1 aromatic heterocycles. The van der Waals surface area contributed by atoms with Crippen molar-refractivity contribution in [1.29, 1.82) is 0 Å². The maximum Gasteiger partial charge on any atom is 0.422 e. The van der Waals surface area contributed by atoms with Gasteiger partial charge in [0.1, 0.15) is 11.9 Å². The van der Waals surface area contributed by atoms with Gasteiger partial charge in [0.25, 0.3) is 11.8 Å². The van der Waals surface area contributed by atoms with Gasteiger partial charge in [-0.3, -0.25) is 14.5 Å². The summed E-state index contributed by atoms with van der Waals surface area (Å²) < 4.78 is 40.0. The summed E-state index contributed by atoms with van der Waals surface area (Å²) >= 11 is 0. The minimum atomic E-state index is -4.96. The lowest BCUT2D eigenvalue weighted by molar-refractivity contribution is -0.142. The summed E-state index contributed by atoms with van der Waals surface area (Å²) in [6.07, 6.45) is -2.73. The number of hydrogen-bond acceptors (Lipinski definition) is 4. The molecule has 0 radical (unpaired) electrons. The Hall–Kier alpha value is -3.03. The smallest absolute Gasteiger partial charge is 0.270 e.